The van der Waals surface area contributed by atoms with Gasteiger partial charge < -0.3 is 10.1 Å². The molecule has 1 aromatic carbocycles. The van der Waals surface area contributed by atoms with Crippen LogP contribution in [0, 0.1) is 0 Å². The topological polar surface area (TPSA) is 51.2 Å². The molecule has 4 nitrogen and oxygen atoms in total. The van der Waals surface area contributed by atoms with Crippen LogP contribution in [0.2, 0.25) is 0 Å². The van der Waals surface area contributed by atoms with Crippen molar-refractivity contribution in [3.63, 3.8) is 0 Å². The van der Waals surface area contributed by atoms with Crippen molar-refractivity contribution in [3.8, 4) is 11.3 Å². The average Bonchev–Trinajstić information content (AvgIpc) is 2.96. The van der Waals surface area contributed by atoms with E-state index in [1.807, 2.05) is 12.1 Å². The molecular weight excluding hydrogens is 284 g/mol. The number of nitrogens with one attached hydrogen (secondary N) is 1. The van der Waals surface area contributed by atoms with Gasteiger partial charge in [0.25, 0.3) is 0 Å². The standard InChI is InChI=1S/C16H18N2O2S/c1-20-8-2-3-16-18-14(10-21-16)12-4-6-13-11(9-12)5-7-15(19)17-13/h4,6,9-10H,2-3,5,7-8H2,1H3,(H,17,19). The molecule has 0 saturated heterocycles. The van der Waals surface area contributed by atoms with Gasteiger partial charge in [-0.2, -0.15) is 0 Å². The molecule has 0 spiro atoms. The molecule has 0 radical (unpaired) electrons. The van der Waals surface area contributed by atoms with Crippen LogP contribution >= 0.6 is 11.3 Å². The molecule has 1 aromatic heterocycles. The summed E-state index contributed by atoms with van der Waals surface area (Å²) in [7, 11) is 1.72. The molecule has 2 aromatic rings. The van der Waals surface area contributed by atoms with E-state index in [1.165, 1.54) is 5.56 Å². The van der Waals surface area contributed by atoms with Gasteiger partial charge in [-0.25, -0.2) is 4.98 Å². The molecule has 3 rings (SSSR count). The van der Waals surface area contributed by atoms with E-state index < -0.39 is 0 Å². The van der Waals surface area contributed by atoms with Crippen molar-refractivity contribution in [2.24, 2.45) is 0 Å². The fourth-order valence-corrected chi connectivity index (χ4v) is 3.32. The SMILES string of the molecule is COCCCc1nc(-c2ccc3c(c2)CCC(=O)N3)cs1. The van der Waals surface area contributed by atoms with Crippen LogP contribution in [0.15, 0.2) is 23.6 Å². The van der Waals surface area contributed by atoms with Gasteiger partial charge in [0.15, 0.2) is 0 Å². The van der Waals surface area contributed by atoms with Gasteiger partial charge in [0.1, 0.15) is 0 Å². The maximum Gasteiger partial charge on any atom is 0.224 e. The second-order valence-corrected chi connectivity index (χ2v) is 6.09. The number of amides is 1. The molecule has 5 heteroatoms. The van der Waals surface area contributed by atoms with Crippen molar-refractivity contribution >= 4 is 22.9 Å². The molecule has 0 aliphatic carbocycles. The van der Waals surface area contributed by atoms with Crippen LogP contribution in [0.25, 0.3) is 11.3 Å². The van der Waals surface area contributed by atoms with Crippen LogP contribution in [0.1, 0.15) is 23.4 Å². The number of hydrogen-bond acceptors (Lipinski definition) is 4. The Morgan fingerprint density at radius 1 is 1.38 bits per heavy atom. The van der Waals surface area contributed by atoms with E-state index in [0.29, 0.717) is 6.42 Å². The van der Waals surface area contributed by atoms with Crippen LogP contribution in [0.3, 0.4) is 0 Å². The number of anilines is 1. The molecule has 2 heterocycles. The number of fused-ring (bicyclic) bond motifs is 1. The maximum atomic E-state index is 11.4. The van der Waals surface area contributed by atoms with Gasteiger partial charge in [0.05, 0.1) is 10.7 Å². The highest BCUT2D eigenvalue weighted by atomic mass is 32.1. The number of rotatable bonds is 5. The highest BCUT2D eigenvalue weighted by molar-refractivity contribution is 7.09. The molecule has 21 heavy (non-hydrogen) atoms. The number of benzene rings is 1. The lowest BCUT2D eigenvalue weighted by Gasteiger charge is -2.17. The summed E-state index contributed by atoms with van der Waals surface area (Å²) in [6, 6.07) is 6.15. The summed E-state index contributed by atoms with van der Waals surface area (Å²) in [5, 5.41) is 6.16. The first-order valence-corrected chi connectivity index (χ1v) is 8.01. The first-order chi connectivity index (χ1) is 10.3. The quantitative estimate of drug-likeness (QED) is 0.862. The van der Waals surface area contributed by atoms with E-state index in [-0.39, 0.29) is 5.91 Å². The summed E-state index contributed by atoms with van der Waals surface area (Å²) in [5.74, 6) is 0.101. The van der Waals surface area contributed by atoms with Crippen molar-refractivity contribution in [1.29, 1.82) is 0 Å². The highest BCUT2D eigenvalue weighted by Crippen LogP contribution is 2.29. The third-order valence-corrected chi connectivity index (χ3v) is 4.50. The maximum absolute atomic E-state index is 11.4. The van der Waals surface area contributed by atoms with Gasteiger partial charge in [-0.3, -0.25) is 4.79 Å². The van der Waals surface area contributed by atoms with E-state index in [1.54, 1.807) is 18.4 Å². The number of ether oxygens (including phenoxy) is 1. The molecule has 0 unspecified atom stereocenters. The fourth-order valence-electron chi connectivity index (χ4n) is 2.47. The monoisotopic (exact) mass is 302 g/mol. The Morgan fingerprint density at radius 3 is 3.14 bits per heavy atom. The van der Waals surface area contributed by atoms with Crippen LogP contribution in [-0.2, 0) is 22.4 Å². The van der Waals surface area contributed by atoms with E-state index >= 15 is 0 Å². The number of carbonyl (C=O) groups excluding carboxylic acids is 1. The minimum Gasteiger partial charge on any atom is -0.385 e. The first-order valence-electron chi connectivity index (χ1n) is 7.13. The Hall–Kier alpha value is -1.72. The summed E-state index contributed by atoms with van der Waals surface area (Å²) in [6.45, 7) is 0.771. The number of nitrogens with zero attached hydrogens (tertiary/aromatic N) is 1. The summed E-state index contributed by atoms with van der Waals surface area (Å²) in [4.78, 5) is 16.1. The third-order valence-electron chi connectivity index (χ3n) is 3.59. The van der Waals surface area contributed by atoms with Crippen molar-refractivity contribution in [1.82, 2.24) is 4.98 Å². The summed E-state index contributed by atoms with van der Waals surface area (Å²) < 4.78 is 5.07. The highest BCUT2D eigenvalue weighted by Gasteiger charge is 2.15. The molecule has 0 atom stereocenters. The minimum absolute atomic E-state index is 0.101. The number of hydrogen-bond donors (Lipinski definition) is 1. The molecule has 0 fully saturated rings. The van der Waals surface area contributed by atoms with Gasteiger partial charge in [-0.1, -0.05) is 6.07 Å². The summed E-state index contributed by atoms with van der Waals surface area (Å²) in [5.41, 5.74) is 4.28. The lowest BCUT2D eigenvalue weighted by Crippen LogP contribution is -2.18. The number of thiazole rings is 1. The number of carbonyl (C=O) groups is 1. The molecule has 1 amide bonds. The predicted octanol–water partition coefficient (Wildman–Crippen LogP) is 3.27. The van der Waals surface area contributed by atoms with Crippen LogP contribution < -0.4 is 5.32 Å². The first kappa shape index (κ1) is 14.2. The molecule has 0 saturated carbocycles. The molecule has 1 aliphatic rings. The second-order valence-electron chi connectivity index (χ2n) is 5.14. The van der Waals surface area contributed by atoms with Crippen LogP contribution in [0.5, 0.6) is 0 Å². The van der Waals surface area contributed by atoms with Gasteiger partial charge in [-0.05, 0) is 30.5 Å². The number of aryl methyl sites for hydroxylation is 2. The van der Waals surface area contributed by atoms with Crippen molar-refractivity contribution in [2.45, 2.75) is 25.7 Å². The molecular formula is C16H18N2O2S. The van der Waals surface area contributed by atoms with Crippen LogP contribution in [-0.4, -0.2) is 24.6 Å². The summed E-state index contributed by atoms with van der Waals surface area (Å²) >= 11 is 1.70. The fraction of sp³-hybridized carbons (Fsp3) is 0.375. The van der Waals surface area contributed by atoms with E-state index in [0.717, 1.165) is 47.8 Å². The van der Waals surface area contributed by atoms with E-state index in [9.17, 15) is 4.79 Å². The Bertz CT molecular complexity index is 651. The molecule has 110 valence electrons. The number of aromatic nitrogens is 1. The Kier molecular flexibility index (Phi) is 4.31. The zero-order valence-electron chi connectivity index (χ0n) is 12.0. The van der Waals surface area contributed by atoms with Crippen molar-refractivity contribution in [2.75, 3.05) is 19.0 Å². The van der Waals surface area contributed by atoms with Gasteiger partial charge in [-0.15, -0.1) is 11.3 Å². The molecule has 1 N–H and O–H groups in total. The lowest BCUT2D eigenvalue weighted by atomic mass is 9.99. The van der Waals surface area contributed by atoms with Crippen molar-refractivity contribution in [3.05, 3.63) is 34.2 Å². The van der Waals surface area contributed by atoms with E-state index in [4.69, 9.17) is 9.72 Å². The van der Waals surface area contributed by atoms with Gasteiger partial charge in [0.2, 0.25) is 5.91 Å². The normalized spacial score (nSPS) is 13.9. The lowest BCUT2D eigenvalue weighted by molar-refractivity contribution is -0.116. The van der Waals surface area contributed by atoms with Gasteiger partial charge in [0, 0.05) is 43.2 Å². The second kappa shape index (κ2) is 6.37. The number of methoxy groups -OCH3 is 1. The Balaban J connectivity index is 1.76. The van der Waals surface area contributed by atoms with Crippen molar-refractivity contribution < 1.29 is 9.53 Å². The smallest absolute Gasteiger partial charge is 0.224 e. The van der Waals surface area contributed by atoms with E-state index in [2.05, 4.69) is 16.8 Å². The molecule has 0 bridgehead atoms. The minimum atomic E-state index is 0.101. The Morgan fingerprint density at radius 2 is 2.29 bits per heavy atom. The zero-order valence-corrected chi connectivity index (χ0v) is 12.8. The van der Waals surface area contributed by atoms with Gasteiger partial charge >= 0.3 is 0 Å². The average molecular weight is 302 g/mol. The van der Waals surface area contributed by atoms with Crippen LogP contribution in [0.4, 0.5) is 5.69 Å². The Labute approximate surface area is 128 Å². The summed E-state index contributed by atoms with van der Waals surface area (Å²) in [6.07, 6.45) is 3.33. The zero-order chi connectivity index (χ0) is 14.7. The largest absolute Gasteiger partial charge is 0.385 e. The predicted molar refractivity (Wildman–Crippen MR) is 84.7 cm³/mol. The third kappa shape index (κ3) is 3.31. The molecule has 1 aliphatic heterocycles.